The third-order valence-electron chi connectivity index (χ3n) is 4.42. The van der Waals surface area contributed by atoms with Crippen LogP contribution >= 0.6 is 0 Å². The van der Waals surface area contributed by atoms with Gasteiger partial charge in [0, 0.05) is 13.0 Å². The minimum atomic E-state index is 0.148. The van der Waals surface area contributed by atoms with Crippen molar-refractivity contribution in [2.75, 3.05) is 7.11 Å². The fourth-order valence-corrected chi connectivity index (χ4v) is 3.15. The molecule has 1 saturated carbocycles. The van der Waals surface area contributed by atoms with Crippen LogP contribution in [0.25, 0.3) is 0 Å². The van der Waals surface area contributed by atoms with E-state index in [0.29, 0.717) is 5.92 Å². The zero-order valence-corrected chi connectivity index (χ0v) is 11.5. The molecule has 3 nitrogen and oxygen atoms in total. The van der Waals surface area contributed by atoms with Gasteiger partial charge in [-0.1, -0.05) is 31.9 Å². The Kier molecular flexibility index (Phi) is 4.81. The highest BCUT2D eigenvalue weighted by molar-refractivity contribution is 5.79. The maximum atomic E-state index is 12.3. The van der Waals surface area contributed by atoms with Gasteiger partial charge >= 0.3 is 0 Å². The van der Waals surface area contributed by atoms with Gasteiger partial charge in [-0.15, -0.1) is 0 Å². The average Bonchev–Trinajstić information content (AvgIpc) is 2.39. The summed E-state index contributed by atoms with van der Waals surface area (Å²) < 4.78 is 5.49. The van der Waals surface area contributed by atoms with Gasteiger partial charge in [-0.05, 0) is 31.6 Å². The van der Waals surface area contributed by atoms with Gasteiger partial charge in [0.15, 0.2) is 0 Å². The lowest BCUT2D eigenvalue weighted by Crippen LogP contribution is -2.48. The Morgan fingerprint density at radius 3 is 2.67 bits per heavy atom. The summed E-state index contributed by atoms with van der Waals surface area (Å²) in [7, 11) is 1.75. The average molecular weight is 251 g/mol. The fraction of sp³-hybridized carbons (Fsp3) is 0.800. The number of carbonyl (C=O) groups is 1. The van der Waals surface area contributed by atoms with Crippen LogP contribution in [0.4, 0.5) is 0 Å². The van der Waals surface area contributed by atoms with Crippen LogP contribution in [0.15, 0.2) is 12.2 Å². The molecule has 0 aromatic heterocycles. The van der Waals surface area contributed by atoms with Crippen LogP contribution in [0, 0.1) is 11.8 Å². The number of amides is 1. The first-order valence-electron chi connectivity index (χ1n) is 7.20. The molecule has 4 atom stereocenters. The molecule has 0 saturated heterocycles. The van der Waals surface area contributed by atoms with E-state index < -0.39 is 0 Å². The lowest BCUT2D eigenvalue weighted by Gasteiger charge is -2.33. The molecule has 1 amide bonds. The molecule has 1 fully saturated rings. The largest absolute Gasteiger partial charge is 0.379 e. The quantitative estimate of drug-likeness (QED) is 0.783. The third-order valence-corrected chi connectivity index (χ3v) is 4.42. The molecule has 0 unspecified atom stereocenters. The molecule has 2 rings (SSSR count). The van der Waals surface area contributed by atoms with Crippen LogP contribution in [0.5, 0.6) is 0 Å². The number of hydrogen-bond acceptors (Lipinski definition) is 2. The van der Waals surface area contributed by atoms with Crippen molar-refractivity contribution in [1.29, 1.82) is 0 Å². The normalized spacial score (nSPS) is 36.3. The van der Waals surface area contributed by atoms with Crippen LogP contribution in [-0.2, 0) is 9.53 Å². The van der Waals surface area contributed by atoms with Crippen molar-refractivity contribution in [2.45, 2.75) is 57.6 Å². The number of ether oxygens (including phenoxy) is 1. The van der Waals surface area contributed by atoms with E-state index in [0.717, 1.165) is 25.7 Å². The zero-order valence-electron chi connectivity index (χ0n) is 11.5. The molecular formula is C15H25NO2. The van der Waals surface area contributed by atoms with Crippen molar-refractivity contribution < 1.29 is 9.53 Å². The number of carbonyl (C=O) groups excluding carboxylic acids is 1. The van der Waals surface area contributed by atoms with Crippen LogP contribution in [0.2, 0.25) is 0 Å². The zero-order chi connectivity index (χ0) is 13.0. The van der Waals surface area contributed by atoms with Gasteiger partial charge in [-0.25, -0.2) is 0 Å². The topological polar surface area (TPSA) is 38.3 Å². The predicted octanol–water partition coefficient (Wildman–Crippen LogP) is 2.66. The van der Waals surface area contributed by atoms with Crippen molar-refractivity contribution in [3.8, 4) is 0 Å². The predicted molar refractivity (Wildman–Crippen MR) is 72.2 cm³/mol. The van der Waals surface area contributed by atoms with E-state index in [4.69, 9.17) is 4.74 Å². The first-order valence-corrected chi connectivity index (χ1v) is 7.20. The van der Waals surface area contributed by atoms with Crippen molar-refractivity contribution >= 4 is 5.91 Å². The van der Waals surface area contributed by atoms with Crippen molar-refractivity contribution in [1.82, 2.24) is 5.32 Å². The summed E-state index contributed by atoms with van der Waals surface area (Å²) in [6, 6.07) is 0.217. The van der Waals surface area contributed by atoms with E-state index in [1.807, 2.05) is 0 Å². The number of allylic oxidation sites excluding steroid dienone is 2. The Morgan fingerprint density at radius 1 is 1.22 bits per heavy atom. The van der Waals surface area contributed by atoms with Gasteiger partial charge in [0.1, 0.15) is 0 Å². The van der Waals surface area contributed by atoms with Crippen molar-refractivity contribution in [2.24, 2.45) is 11.8 Å². The Balaban J connectivity index is 1.91. The summed E-state index contributed by atoms with van der Waals surface area (Å²) in [6.07, 6.45) is 11.0. The molecule has 1 N–H and O–H groups in total. The highest BCUT2D eigenvalue weighted by Gasteiger charge is 2.31. The van der Waals surface area contributed by atoms with Gasteiger partial charge in [-0.2, -0.15) is 0 Å². The summed E-state index contributed by atoms with van der Waals surface area (Å²) in [5.41, 5.74) is 0. The molecule has 0 aromatic carbocycles. The smallest absolute Gasteiger partial charge is 0.224 e. The number of hydrogen-bond donors (Lipinski definition) is 1. The van der Waals surface area contributed by atoms with Crippen LogP contribution < -0.4 is 5.32 Å². The highest BCUT2D eigenvalue weighted by Crippen LogP contribution is 2.26. The van der Waals surface area contributed by atoms with Crippen molar-refractivity contribution in [3.63, 3.8) is 0 Å². The SMILES string of the molecule is CO[C@H]1CCCC[C@H]1NC(=O)[C@@H]1CC=CC[C@H]1C. The molecular weight excluding hydrogens is 226 g/mol. The minimum absolute atomic E-state index is 0.148. The van der Waals surface area contributed by atoms with E-state index in [9.17, 15) is 4.79 Å². The summed E-state index contributed by atoms with van der Waals surface area (Å²) in [5.74, 6) is 0.829. The van der Waals surface area contributed by atoms with Gasteiger partial charge in [0.2, 0.25) is 5.91 Å². The van der Waals surface area contributed by atoms with E-state index in [-0.39, 0.29) is 24.0 Å². The van der Waals surface area contributed by atoms with Gasteiger partial charge in [0.05, 0.1) is 12.1 Å². The molecule has 102 valence electrons. The Labute approximate surface area is 110 Å². The Morgan fingerprint density at radius 2 is 1.94 bits per heavy atom. The third kappa shape index (κ3) is 3.14. The van der Waals surface area contributed by atoms with E-state index >= 15 is 0 Å². The van der Waals surface area contributed by atoms with Gasteiger partial charge < -0.3 is 10.1 Å². The van der Waals surface area contributed by atoms with E-state index in [1.165, 1.54) is 12.8 Å². The van der Waals surface area contributed by atoms with Crippen LogP contribution in [0.3, 0.4) is 0 Å². The van der Waals surface area contributed by atoms with Gasteiger partial charge in [0.25, 0.3) is 0 Å². The first-order chi connectivity index (χ1) is 8.72. The van der Waals surface area contributed by atoms with Crippen molar-refractivity contribution in [3.05, 3.63) is 12.2 Å². The second-order valence-electron chi connectivity index (χ2n) is 5.70. The first kappa shape index (κ1) is 13.6. The number of nitrogens with one attached hydrogen (secondary N) is 1. The summed E-state index contributed by atoms with van der Waals surface area (Å²) in [6.45, 7) is 2.17. The molecule has 2 aliphatic carbocycles. The molecule has 0 bridgehead atoms. The molecule has 3 heteroatoms. The minimum Gasteiger partial charge on any atom is -0.379 e. The molecule has 18 heavy (non-hydrogen) atoms. The number of methoxy groups -OCH3 is 1. The highest BCUT2D eigenvalue weighted by atomic mass is 16.5. The van der Waals surface area contributed by atoms with Crippen LogP contribution in [0.1, 0.15) is 45.4 Å². The lowest BCUT2D eigenvalue weighted by molar-refractivity contribution is -0.128. The van der Waals surface area contributed by atoms with E-state index in [1.54, 1.807) is 7.11 Å². The molecule has 0 heterocycles. The number of rotatable bonds is 3. The second kappa shape index (κ2) is 6.37. The lowest BCUT2D eigenvalue weighted by atomic mass is 9.83. The Hall–Kier alpha value is -0.830. The second-order valence-corrected chi connectivity index (χ2v) is 5.70. The maximum Gasteiger partial charge on any atom is 0.224 e. The molecule has 0 spiro atoms. The monoisotopic (exact) mass is 251 g/mol. The standard InChI is InChI=1S/C15H25NO2/c1-11-7-3-4-8-12(11)15(17)16-13-9-5-6-10-14(13)18-2/h3-4,11-14H,5-10H2,1-2H3,(H,16,17)/t11-,12-,13-,14+/m1/s1. The van der Waals surface area contributed by atoms with E-state index in [2.05, 4.69) is 24.4 Å². The molecule has 0 radical (unpaired) electrons. The summed E-state index contributed by atoms with van der Waals surface area (Å²) in [5, 5.41) is 3.22. The van der Waals surface area contributed by atoms with Crippen LogP contribution in [-0.4, -0.2) is 25.2 Å². The maximum absolute atomic E-state index is 12.3. The van der Waals surface area contributed by atoms with Gasteiger partial charge in [-0.3, -0.25) is 4.79 Å². The summed E-state index contributed by atoms with van der Waals surface area (Å²) in [4.78, 5) is 12.3. The summed E-state index contributed by atoms with van der Waals surface area (Å²) >= 11 is 0. The fourth-order valence-electron chi connectivity index (χ4n) is 3.15. The molecule has 2 aliphatic rings. The molecule has 0 aromatic rings. The molecule has 0 aliphatic heterocycles. The Bertz CT molecular complexity index is 314.